The Morgan fingerprint density at radius 2 is 0.629 bits per heavy atom. The smallest absolute Gasteiger partial charge is 0.306 e. The zero-order chi connectivity index (χ0) is 45.1. The lowest BCUT2D eigenvalue weighted by molar-refractivity contribution is -0.167. The van der Waals surface area contributed by atoms with Crippen molar-refractivity contribution in [1.29, 1.82) is 0 Å². The van der Waals surface area contributed by atoms with Gasteiger partial charge in [-0.1, -0.05) is 197 Å². The van der Waals surface area contributed by atoms with Crippen LogP contribution in [0.3, 0.4) is 0 Å². The molecule has 0 aliphatic carbocycles. The van der Waals surface area contributed by atoms with E-state index in [1.54, 1.807) is 0 Å². The van der Waals surface area contributed by atoms with Crippen molar-refractivity contribution in [3.05, 3.63) is 60.8 Å². The summed E-state index contributed by atoms with van der Waals surface area (Å²) < 4.78 is 16.8. The average molecular weight is 867 g/mol. The van der Waals surface area contributed by atoms with Crippen LogP contribution in [-0.4, -0.2) is 37.2 Å². The van der Waals surface area contributed by atoms with Crippen LogP contribution in [0.5, 0.6) is 0 Å². The van der Waals surface area contributed by atoms with Gasteiger partial charge in [0, 0.05) is 19.3 Å². The van der Waals surface area contributed by atoms with Crippen LogP contribution in [0.4, 0.5) is 0 Å². The van der Waals surface area contributed by atoms with E-state index < -0.39 is 6.10 Å². The second-order valence-corrected chi connectivity index (χ2v) is 17.4. The lowest BCUT2D eigenvalue weighted by atomic mass is 10.1. The second kappa shape index (κ2) is 50.8. The van der Waals surface area contributed by atoms with E-state index >= 15 is 0 Å². The van der Waals surface area contributed by atoms with Crippen molar-refractivity contribution < 1.29 is 28.6 Å². The van der Waals surface area contributed by atoms with Gasteiger partial charge in [0.2, 0.25) is 0 Å². The van der Waals surface area contributed by atoms with E-state index in [0.717, 1.165) is 103 Å². The van der Waals surface area contributed by atoms with Crippen LogP contribution in [0.1, 0.15) is 258 Å². The Morgan fingerprint density at radius 3 is 1.03 bits per heavy atom. The molecule has 0 radical (unpaired) electrons. The molecular weight excluding hydrogens is 769 g/mol. The Bertz CT molecular complexity index is 1130. The monoisotopic (exact) mass is 867 g/mol. The second-order valence-electron chi connectivity index (χ2n) is 17.4. The van der Waals surface area contributed by atoms with Gasteiger partial charge in [0.05, 0.1) is 0 Å². The van der Waals surface area contributed by atoms with E-state index in [1.165, 1.54) is 116 Å². The molecule has 0 aromatic rings. The third-order valence-electron chi connectivity index (χ3n) is 11.2. The lowest BCUT2D eigenvalue weighted by Crippen LogP contribution is -2.30. The molecule has 0 saturated heterocycles. The summed E-state index contributed by atoms with van der Waals surface area (Å²) in [7, 11) is 0. The van der Waals surface area contributed by atoms with E-state index in [1.807, 2.05) is 0 Å². The predicted octanol–water partition coefficient (Wildman–Crippen LogP) is 17.3. The molecule has 0 bridgehead atoms. The van der Waals surface area contributed by atoms with Crippen LogP contribution in [0.25, 0.3) is 0 Å². The number of ether oxygens (including phenoxy) is 3. The summed E-state index contributed by atoms with van der Waals surface area (Å²) in [5.41, 5.74) is 0. The molecule has 0 aromatic carbocycles. The first-order valence-corrected chi connectivity index (χ1v) is 26.3. The van der Waals surface area contributed by atoms with Gasteiger partial charge in [0.15, 0.2) is 6.10 Å². The molecule has 1 atom stereocenters. The zero-order valence-electron chi connectivity index (χ0n) is 40.9. The van der Waals surface area contributed by atoms with E-state index in [-0.39, 0.29) is 31.1 Å². The molecule has 0 amide bonds. The number of carbonyl (C=O) groups is 3. The van der Waals surface area contributed by atoms with Crippen molar-refractivity contribution in [3.63, 3.8) is 0 Å². The summed E-state index contributed by atoms with van der Waals surface area (Å²) in [5, 5.41) is 0. The molecule has 0 spiro atoms. The molecule has 0 aliphatic rings. The van der Waals surface area contributed by atoms with Gasteiger partial charge in [-0.05, 0) is 103 Å². The van der Waals surface area contributed by atoms with Crippen LogP contribution in [0.15, 0.2) is 60.8 Å². The van der Waals surface area contributed by atoms with Crippen LogP contribution in [0, 0.1) is 0 Å². The summed E-state index contributed by atoms with van der Waals surface area (Å²) in [6, 6.07) is 0. The van der Waals surface area contributed by atoms with Gasteiger partial charge >= 0.3 is 17.9 Å². The Hall–Kier alpha value is -2.89. The highest BCUT2D eigenvalue weighted by Crippen LogP contribution is 2.14. The minimum atomic E-state index is -0.791. The Morgan fingerprint density at radius 1 is 0.339 bits per heavy atom. The first kappa shape index (κ1) is 59.1. The summed E-state index contributed by atoms with van der Waals surface area (Å²) in [6.45, 7) is 6.48. The highest BCUT2D eigenvalue weighted by atomic mass is 16.6. The largest absolute Gasteiger partial charge is 0.462 e. The zero-order valence-corrected chi connectivity index (χ0v) is 40.9. The van der Waals surface area contributed by atoms with E-state index in [0.29, 0.717) is 19.3 Å². The quantitative estimate of drug-likeness (QED) is 0.0262. The van der Waals surface area contributed by atoms with Crippen molar-refractivity contribution in [2.24, 2.45) is 0 Å². The van der Waals surface area contributed by atoms with Crippen molar-refractivity contribution in [1.82, 2.24) is 0 Å². The molecule has 62 heavy (non-hydrogen) atoms. The average Bonchev–Trinajstić information content (AvgIpc) is 3.27. The number of esters is 3. The normalized spacial score (nSPS) is 12.5. The van der Waals surface area contributed by atoms with Crippen LogP contribution < -0.4 is 0 Å². The van der Waals surface area contributed by atoms with Gasteiger partial charge in [0.25, 0.3) is 0 Å². The first-order valence-electron chi connectivity index (χ1n) is 26.3. The molecule has 1 unspecified atom stereocenters. The number of hydrogen-bond acceptors (Lipinski definition) is 6. The Labute approximate surface area is 383 Å². The Kier molecular flexibility index (Phi) is 48.4. The van der Waals surface area contributed by atoms with Gasteiger partial charge in [-0.25, -0.2) is 0 Å². The molecule has 6 heteroatoms. The van der Waals surface area contributed by atoms with Crippen LogP contribution in [0.2, 0.25) is 0 Å². The number of hydrogen-bond donors (Lipinski definition) is 0. The summed E-state index contributed by atoms with van der Waals surface area (Å²) in [5.74, 6) is -0.925. The maximum atomic E-state index is 12.8. The molecule has 0 N–H and O–H groups in total. The maximum absolute atomic E-state index is 12.8. The summed E-state index contributed by atoms with van der Waals surface area (Å²) >= 11 is 0. The summed E-state index contributed by atoms with van der Waals surface area (Å²) in [4.78, 5) is 38.0. The highest BCUT2D eigenvalue weighted by Gasteiger charge is 2.19. The fourth-order valence-corrected chi connectivity index (χ4v) is 7.27. The molecule has 358 valence electrons. The minimum Gasteiger partial charge on any atom is -0.462 e. The fraction of sp³-hybridized carbons (Fsp3) is 0.768. The molecular formula is C56H98O6. The number of allylic oxidation sites excluding steroid dienone is 10. The molecule has 0 heterocycles. The topological polar surface area (TPSA) is 78.9 Å². The van der Waals surface area contributed by atoms with E-state index in [9.17, 15) is 14.4 Å². The van der Waals surface area contributed by atoms with Crippen molar-refractivity contribution in [3.8, 4) is 0 Å². The van der Waals surface area contributed by atoms with Crippen molar-refractivity contribution in [2.75, 3.05) is 13.2 Å². The summed E-state index contributed by atoms with van der Waals surface area (Å²) in [6.07, 6.45) is 62.1. The lowest BCUT2D eigenvalue weighted by Gasteiger charge is -2.18. The predicted molar refractivity (Wildman–Crippen MR) is 265 cm³/mol. The van der Waals surface area contributed by atoms with E-state index in [4.69, 9.17) is 14.2 Å². The van der Waals surface area contributed by atoms with Crippen LogP contribution in [-0.2, 0) is 28.6 Å². The number of rotatable bonds is 47. The standard InChI is InChI=1S/C56H98O6/c1-4-7-10-13-16-19-22-25-27-28-29-30-32-34-37-40-43-46-49-55(58)61-52-53(51-60-54(57)48-45-42-39-36-33-24-21-18-15-12-9-6-3)62-56(59)50-47-44-41-38-35-31-26-23-20-17-14-11-8-5-2/h8,11,17-18,20-21,26,29-31,53H,4-7,9-10,12-16,19,22-25,27-28,32-52H2,1-3H3/b11-8-,20-17-,21-18-,30-29-,31-26-. The first-order chi connectivity index (χ1) is 30.5. The maximum Gasteiger partial charge on any atom is 0.306 e. The molecule has 0 saturated carbocycles. The number of unbranched alkanes of at least 4 members (excludes halogenated alkanes) is 26. The van der Waals surface area contributed by atoms with E-state index in [2.05, 4.69) is 81.5 Å². The van der Waals surface area contributed by atoms with Gasteiger partial charge in [-0.3, -0.25) is 14.4 Å². The third kappa shape index (κ3) is 48.1. The molecule has 6 nitrogen and oxygen atoms in total. The van der Waals surface area contributed by atoms with Gasteiger partial charge < -0.3 is 14.2 Å². The van der Waals surface area contributed by atoms with Gasteiger partial charge in [-0.2, -0.15) is 0 Å². The molecule has 0 fully saturated rings. The highest BCUT2D eigenvalue weighted by molar-refractivity contribution is 5.71. The minimum absolute atomic E-state index is 0.0900. The van der Waals surface area contributed by atoms with Crippen LogP contribution >= 0.6 is 0 Å². The molecule has 0 aromatic heterocycles. The number of carbonyl (C=O) groups excluding carboxylic acids is 3. The molecule has 0 aliphatic heterocycles. The third-order valence-corrected chi connectivity index (χ3v) is 11.2. The Balaban J connectivity index is 4.39. The van der Waals surface area contributed by atoms with Crippen molar-refractivity contribution in [2.45, 2.75) is 264 Å². The molecule has 0 rings (SSSR count). The fourth-order valence-electron chi connectivity index (χ4n) is 7.27. The van der Waals surface area contributed by atoms with Crippen molar-refractivity contribution >= 4 is 17.9 Å². The van der Waals surface area contributed by atoms with Gasteiger partial charge in [0.1, 0.15) is 13.2 Å². The van der Waals surface area contributed by atoms with Gasteiger partial charge in [-0.15, -0.1) is 0 Å². The SMILES string of the molecule is CC/C=C\C/C=C\C/C=C\CCCCCCC(=O)OC(COC(=O)CCCCCCC/C=C\CCCCC)COC(=O)CCCCCCC/C=C\CCCCCCCCCCC.